The van der Waals surface area contributed by atoms with E-state index in [1.165, 1.54) is 30.4 Å². The number of carboxylic acid groups (broad SMARTS) is 1. The number of para-hydroxylation sites is 1. The van der Waals surface area contributed by atoms with Crippen molar-refractivity contribution in [2.75, 3.05) is 11.4 Å². The van der Waals surface area contributed by atoms with Crippen molar-refractivity contribution in [3.8, 4) is 5.75 Å². The number of allylic oxidation sites excluding steroid dienone is 3. The molecule has 3 fully saturated rings. The largest absolute Gasteiger partial charge is 0.507 e. The number of benzene rings is 2. The Morgan fingerprint density at radius 2 is 1.58 bits per heavy atom. The molecule has 48 heavy (non-hydrogen) atoms. The molecular weight excluding hydrogens is 690 g/mol. The van der Waals surface area contributed by atoms with Crippen LogP contribution in [0.5, 0.6) is 5.75 Å². The molecule has 6 rings (SSSR count). The summed E-state index contributed by atoms with van der Waals surface area (Å²) in [5.74, 6) is -24.2. The number of fused-ring (bicyclic) bond motifs is 4. The zero-order valence-electron chi connectivity index (χ0n) is 24.4. The molecule has 2 heterocycles. The van der Waals surface area contributed by atoms with E-state index in [2.05, 4.69) is 6.58 Å². The normalized spacial score (nSPS) is 29.5. The minimum absolute atomic E-state index is 0.0932. The average Bonchev–Trinajstić information content (AvgIpc) is 3.37. The fraction of sp³-hybridized carbons (Fsp3) is 0.344. The van der Waals surface area contributed by atoms with Crippen molar-refractivity contribution >= 4 is 58.5 Å². The molecule has 0 unspecified atom stereocenters. The molecule has 2 N–H and O–H groups in total. The zero-order valence-corrected chi connectivity index (χ0v) is 25.9. The molecule has 2 aliphatic heterocycles. The van der Waals surface area contributed by atoms with Crippen LogP contribution in [0.1, 0.15) is 36.3 Å². The second-order valence-electron chi connectivity index (χ2n) is 12.0. The maximum absolute atomic E-state index is 15.1. The molecule has 0 aromatic heterocycles. The van der Waals surface area contributed by atoms with Gasteiger partial charge in [0, 0.05) is 18.0 Å². The van der Waals surface area contributed by atoms with Gasteiger partial charge in [0.2, 0.25) is 17.6 Å². The molecule has 2 aromatic carbocycles. The Morgan fingerprint density at radius 1 is 0.958 bits per heavy atom. The predicted octanol–water partition coefficient (Wildman–Crippen LogP) is 4.85. The molecule has 2 saturated heterocycles. The minimum Gasteiger partial charge on any atom is -0.507 e. The van der Waals surface area contributed by atoms with Crippen molar-refractivity contribution in [1.29, 1.82) is 0 Å². The van der Waals surface area contributed by atoms with Gasteiger partial charge in [-0.1, -0.05) is 35.9 Å². The Kier molecular flexibility index (Phi) is 7.98. The number of hydrogen-bond donors (Lipinski definition) is 2. The van der Waals surface area contributed by atoms with Gasteiger partial charge in [-0.05, 0) is 30.7 Å². The van der Waals surface area contributed by atoms with Gasteiger partial charge in [0.25, 0.3) is 11.8 Å². The van der Waals surface area contributed by atoms with Crippen molar-refractivity contribution in [2.24, 2.45) is 17.8 Å². The molecule has 2 aliphatic carbocycles. The van der Waals surface area contributed by atoms with Gasteiger partial charge in [-0.25, -0.2) is 26.9 Å². The monoisotopic (exact) mass is 712 g/mol. The van der Waals surface area contributed by atoms with Gasteiger partial charge in [-0.3, -0.25) is 28.9 Å². The number of rotatable bonds is 7. The van der Waals surface area contributed by atoms with Crippen LogP contribution >= 0.6 is 23.2 Å². The molecule has 6 atom stereocenters. The molecule has 252 valence electrons. The lowest BCUT2D eigenvalue weighted by Crippen LogP contribution is -2.60. The van der Waals surface area contributed by atoms with Crippen LogP contribution in [-0.2, 0) is 30.4 Å². The Hall–Kier alpha value is -4.30. The fourth-order valence-electron chi connectivity index (χ4n) is 7.57. The Balaban J connectivity index is 1.59. The van der Waals surface area contributed by atoms with E-state index in [1.807, 2.05) is 0 Å². The number of nitrogens with zero attached hydrogens (tertiary/aromatic N) is 2. The van der Waals surface area contributed by atoms with Crippen molar-refractivity contribution in [3.63, 3.8) is 0 Å². The highest BCUT2D eigenvalue weighted by Crippen LogP contribution is 2.66. The first-order valence-corrected chi connectivity index (χ1v) is 15.3. The summed E-state index contributed by atoms with van der Waals surface area (Å²) in [6, 6.07) is 4.28. The lowest BCUT2D eigenvalue weighted by atomic mass is 9.56. The molecule has 1 saturated carbocycles. The lowest BCUT2D eigenvalue weighted by molar-refractivity contribution is -0.142. The van der Waals surface area contributed by atoms with E-state index in [-0.39, 0.29) is 34.4 Å². The van der Waals surface area contributed by atoms with Gasteiger partial charge in [-0.15, -0.1) is 29.8 Å². The van der Waals surface area contributed by atoms with E-state index in [4.69, 9.17) is 28.3 Å². The van der Waals surface area contributed by atoms with E-state index in [0.717, 1.165) is 4.90 Å². The number of carbonyl (C=O) groups excluding carboxylic acids is 4. The molecule has 16 heteroatoms. The first kappa shape index (κ1) is 33.6. The minimum atomic E-state index is -2.79. The highest BCUT2D eigenvalue weighted by Gasteiger charge is 2.77. The second-order valence-corrected chi connectivity index (χ2v) is 13.3. The summed E-state index contributed by atoms with van der Waals surface area (Å²) < 4.78 is 73.0. The van der Waals surface area contributed by atoms with Gasteiger partial charge in [0.15, 0.2) is 33.0 Å². The maximum atomic E-state index is 15.1. The van der Waals surface area contributed by atoms with Crippen LogP contribution in [0.4, 0.5) is 27.6 Å². The second kappa shape index (κ2) is 11.4. The third kappa shape index (κ3) is 4.30. The summed E-state index contributed by atoms with van der Waals surface area (Å²) >= 11 is 14.1. The summed E-state index contributed by atoms with van der Waals surface area (Å²) in [5, 5.41) is 20.6. The number of halogens is 7. The molecule has 4 amide bonds. The maximum Gasteiger partial charge on any atom is 0.305 e. The van der Waals surface area contributed by atoms with E-state index >= 15 is 8.78 Å². The number of amides is 4. The smallest absolute Gasteiger partial charge is 0.305 e. The lowest BCUT2D eigenvalue weighted by Gasteiger charge is -2.50. The van der Waals surface area contributed by atoms with Gasteiger partial charge in [-0.2, -0.15) is 0 Å². The number of carbonyl (C=O) groups is 5. The van der Waals surface area contributed by atoms with E-state index in [1.54, 1.807) is 0 Å². The Labute approximate surface area is 278 Å². The van der Waals surface area contributed by atoms with Crippen LogP contribution in [-0.4, -0.2) is 61.0 Å². The third-order valence-corrected chi connectivity index (χ3v) is 11.1. The summed E-state index contributed by atoms with van der Waals surface area (Å²) in [4.78, 5) is 61.7. The Morgan fingerprint density at radius 3 is 2.19 bits per heavy atom. The number of imide groups is 2. The molecule has 0 spiro atoms. The molecule has 4 aliphatic rings. The van der Waals surface area contributed by atoms with Crippen molar-refractivity contribution < 1.29 is 56.1 Å². The van der Waals surface area contributed by atoms with Crippen LogP contribution in [0.15, 0.2) is 42.5 Å². The first-order valence-electron chi connectivity index (χ1n) is 14.5. The van der Waals surface area contributed by atoms with Crippen molar-refractivity contribution in [1.82, 2.24) is 4.90 Å². The molecule has 9 nitrogen and oxygen atoms in total. The van der Waals surface area contributed by atoms with Crippen LogP contribution < -0.4 is 4.90 Å². The highest BCUT2D eigenvalue weighted by molar-refractivity contribution is 6.58. The van der Waals surface area contributed by atoms with Crippen LogP contribution in [0, 0.1) is 46.8 Å². The zero-order chi connectivity index (χ0) is 35.2. The highest BCUT2D eigenvalue weighted by atomic mass is 35.5. The van der Waals surface area contributed by atoms with E-state index in [0.29, 0.717) is 0 Å². The molecular formula is C32H23Cl2F5N2O7. The number of aromatic hydroxyl groups is 1. The number of carboxylic acids is 1. The Bertz CT molecular complexity index is 1880. The summed E-state index contributed by atoms with van der Waals surface area (Å²) in [6.07, 6.45) is 1.59. The topological polar surface area (TPSA) is 132 Å². The molecule has 0 radical (unpaired) electrons. The van der Waals surface area contributed by atoms with Gasteiger partial charge >= 0.3 is 5.97 Å². The van der Waals surface area contributed by atoms with Gasteiger partial charge in [0.05, 0.1) is 18.3 Å². The number of anilines is 1. The van der Waals surface area contributed by atoms with Crippen LogP contribution in [0.3, 0.4) is 0 Å². The first-order chi connectivity index (χ1) is 22.5. The van der Waals surface area contributed by atoms with Gasteiger partial charge in [0.1, 0.15) is 11.4 Å². The number of hydrogen-bond acceptors (Lipinski definition) is 6. The van der Waals surface area contributed by atoms with Crippen molar-refractivity contribution in [3.05, 3.63) is 82.7 Å². The van der Waals surface area contributed by atoms with E-state index in [9.17, 15) is 42.3 Å². The standard InChI is InChI=1S/C32H23Cl2F5N2O7/c1-2-4-12-5-3-6-15(26(12)44)19-13-7-8-14-18(28(46)40(27(14)45)10-9-17(42)43)16(13)11-31(33)29(47)41(30(48)32(19,31)34)25-23(38)21(36)20(35)22(37)24(25)39/h2-3,5-7,14,16,18-19,44H,1,4,8-11H2,(H,42,43)/t14-,16+,18-,19+,31+,32-/m0/s1. The third-order valence-electron chi connectivity index (χ3n) is 9.69. The average molecular weight is 713 g/mol. The predicted molar refractivity (Wildman–Crippen MR) is 157 cm³/mol. The van der Waals surface area contributed by atoms with Crippen LogP contribution in [0.2, 0.25) is 0 Å². The SMILES string of the molecule is C=CCc1cccc([C@H]2C3=CC[C@@H]4C(=O)N(CCC(=O)O)C(=O)[C@@H]4[C@@H]3C[C@@]3(Cl)C(=O)N(c4c(F)c(F)c(F)c(F)c4F)C(=O)[C@@]23Cl)c1O. The summed E-state index contributed by atoms with van der Waals surface area (Å²) in [7, 11) is 0. The number of phenolic OH excluding ortho intramolecular Hbond substituents is 1. The number of aliphatic carboxylic acids is 1. The number of likely N-dealkylation sites (tertiary alicyclic amines) is 1. The van der Waals surface area contributed by atoms with Crippen LogP contribution in [0.25, 0.3) is 0 Å². The summed E-state index contributed by atoms with van der Waals surface area (Å²) in [6.45, 7) is 3.16. The summed E-state index contributed by atoms with van der Waals surface area (Å²) in [5.41, 5.74) is -1.63. The molecule has 0 bridgehead atoms. The quantitative estimate of drug-likeness (QED) is 0.105. The van der Waals surface area contributed by atoms with E-state index < -0.39 is 123 Å². The fourth-order valence-corrected chi connectivity index (χ4v) is 8.50. The van der Waals surface area contributed by atoms with Gasteiger partial charge < -0.3 is 10.2 Å². The molecule has 2 aromatic rings. The number of alkyl halides is 2. The van der Waals surface area contributed by atoms with Crippen molar-refractivity contribution in [2.45, 2.75) is 41.3 Å². The number of phenols is 1.